The van der Waals surface area contributed by atoms with Gasteiger partial charge in [0.05, 0.1) is 0 Å². The van der Waals surface area contributed by atoms with Crippen LogP contribution in [0.5, 0.6) is 0 Å². The lowest BCUT2D eigenvalue weighted by Gasteiger charge is -1.97. The van der Waals surface area contributed by atoms with Gasteiger partial charge in [-0.1, -0.05) is 6.92 Å². The van der Waals surface area contributed by atoms with Gasteiger partial charge in [-0.05, 0) is 19.3 Å². The minimum atomic E-state index is -0.182. The highest BCUT2D eigenvalue weighted by Crippen LogP contribution is 2.28. The minimum absolute atomic E-state index is 0.182. The lowest BCUT2D eigenvalue weighted by Crippen LogP contribution is -2.27. The number of carbonyl (C=O) groups is 1. The molecule has 2 rings (SSSR count). The first-order chi connectivity index (χ1) is 6.16. The molecule has 70 valence electrons. The van der Waals surface area contributed by atoms with Crippen molar-refractivity contribution in [3.63, 3.8) is 0 Å². The van der Waals surface area contributed by atoms with Crippen LogP contribution in [0.3, 0.4) is 0 Å². The van der Waals surface area contributed by atoms with Crippen molar-refractivity contribution < 1.29 is 4.79 Å². The summed E-state index contributed by atoms with van der Waals surface area (Å²) in [6.45, 7) is 3.87. The summed E-state index contributed by atoms with van der Waals surface area (Å²) < 4.78 is 0. The van der Waals surface area contributed by atoms with Gasteiger partial charge in [-0.2, -0.15) is 0 Å². The van der Waals surface area contributed by atoms with Crippen LogP contribution in [0.4, 0.5) is 0 Å². The molecule has 0 saturated heterocycles. The second-order valence-corrected chi connectivity index (χ2v) is 3.54. The lowest BCUT2D eigenvalue weighted by atomic mass is 10.4. The van der Waals surface area contributed by atoms with E-state index in [0.29, 0.717) is 17.8 Å². The van der Waals surface area contributed by atoms with Gasteiger partial charge in [-0.15, -0.1) is 5.10 Å². The zero-order valence-electron chi connectivity index (χ0n) is 7.66. The molecule has 0 aliphatic heterocycles. The molecule has 0 bridgehead atoms. The molecule has 2 unspecified atom stereocenters. The SMILES string of the molecule is Cc1nc(C(=O)NC2CC2C)n[nH]1. The largest absolute Gasteiger partial charge is 0.346 e. The third-order valence-electron chi connectivity index (χ3n) is 2.23. The predicted octanol–water partition coefficient (Wildman–Crippen LogP) is 0.251. The van der Waals surface area contributed by atoms with Crippen molar-refractivity contribution in [3.05, 3.63) is 11.6 Å². The van der Waals surface area contributed by atoms with E-state index in [9.17, 15) is 4.79 Å². The molecule has 2 atom stereocenters. The van der Waals surface area contributed by atoms with Gasteiger partial charge in [-0.3, -0.25) is 9.89 Å². The van der Waals surface area contributed by atoms with Gasteiger partial charge in [0.2, 0.25) is 5.82 Å². The van der Waals surface area contributed by atoms with Gasteiger partial charge >= 0.3 is 0 Å². The molecule has 1 aromatic heterocycles. The molecule has 1 fully saturated rings. The molecule has 0 radical (unpaired) electrons. The van der Waals surface area contributed by atoms with E-state index < -0.39 is 0 Å². The molecule has 1 saturated carbocycles. The quantitative estimate of drug-likeness (QED) is 0.685. The van der Waals surface area contributed by atoms with Crippen LogP contribution in [0, 0.1) is 12.8 Å². The Balaban J connectivity index is 1.97. The third-order valence-corrected chi connectivity index (χ3v) is 2.23. The molecular weight excluding hydrogens is 168 g/mol. The number of hydrogen-bond donors (Lipinski definition) is 2. The highest BCUT2D eigenvalue weighted by atomic mass is 16.2. The van der Waals surface area contributed by atoms with E-state index in [1.165, 1.54) is 0 Å². The predicted molar refractivity (Wildman–Crippen MR) is 46.2 cm³/mol. The van der Waals surface area contributed by atoms with Crippen molar-refractivity contribution >= 4 is 5.91 Å². The molecule has 1 aliphatic rings. The molecule has 5 nitrogen and oxygen atoms in total. The maximum Gasteiger partial charge on any atom is 0.291 e. The molecule has 0 aromatic carbocycles. The summed E-state index contributed by atoms with van der Waals surface area (Å²) in [6, 6.07) is 0.325. The van der Waals surface area contributed by atoms with E-state index in [2.05, 4.69) is 27.4 Å². The van der Waals surface area contributed by atoms with Crippen molar-refractivity contribution in [2.45, 2.75) is 26.3 Å². The van der Waals surface area contributed by atoms with Crippen molar-refractivity contribution in [2.24, 2.45) is 5.92 Å². The van der Waals surface area contributed by atoms with Crippen LogP contribution in [0.1, 0.15) is 29.8 Å². The first kappa shape index (κ1) is 8.22. The van der Waals surface area contributed by atoms with Crippen LogP contribution < -0.4 is 5.32 Å². The third kappa shape index (κ3) is 1.68. The number of H-pyrrole nitrogens is 1. The monoisotopic (exact) mass is 180 g/mol. The standard InChI is InChI=1S/C8H12N4O/c1-4-3-6(4)10-8(13)7-9-5(2)11-12-7/h4,6H,3H2,1-2H3,(H,10,13)(H,9,11,12). The fraction of sp³-hybridized carbons (Fsp3) is 0.625. The maximum atomic E-state index is 11.4. The molecule has 1 heterocycles. The Bertz CT molecular complexity index is 333. The summed E-state index contributed by atoms with van der Waals surface area (Å²) >= 11 is 0. The van der Waals surface area contributed by atoms with E-state index in [1.807, 2.05) is 0 Å². The number of aromatic amines is 1. The van der Waals surface area contributed by atoms with Crippen LogP contribution in [0.15, 0.2) is 0 Å². The molecule has 13 heavy (non-hydrogen) atoms. The van der Waals surface area contributed by atoms with E-state index in [1.54, 1.807) is 6.92 Å². The second kappa shape index (κ2) is 2.83. The Morgan fingerprint density at radius 2 is 2.38 bits per heavy atom. The maximum absolute atomic E-state index is 11.4. The Hall–Kier alpha value is -1.39. The van der Waals surface area contributed by atoms with Crippen LogP contribution in [0.2, 0.25) is 0 Å². The van der Waals surface area contributed by atoms with Crippen molar-refractivity contribution in [2.75, 3.05) is 0 Å². The number of nitrogens with zero attached hydrogens (tertiary/aromatic N) is 2. The normalized spacial score (nSPS) is 25.7. The number of nitrogens with one attached hydrogen (secondary N) is 2. The van der Waals surface area contributed by atoms with Crippen LogP contribution in [0.25, 0.3) is 0 Å². The lowest BCUT2D eigenvalue weighted by molar-refractivity contribution is 0.0939. The summed E-state index contributed by atoms with van der Waals surface area (Å²) in [5.41, 5.74) is 0. The van der Waals surface area contributed by atoms with Crippen LogP contribution >= 0.6 is 0 Å². The highest BCUT2D eigenvalue weighted by molar-refractivity contribution is 5.90. The minimum Gasteiger partial charge on any atom is -0.346 e. The Morgan fingerprint density at radius 1 is 1.69 bits per heavy atom. The number of amides is 1. The number of carbonyl (C=O) groups excluding carboxylic acids is 1. The Labute approximate surface area is 75.9 Å². The Morgan fingerprint density at radius 3 is 2.85 bits per heavy atom. The molecule has 1 amide bonds. The first-order valence-electron chi connectivity index (χ1n) is 4.36. The number of hydrogen-bond acceptors (Lipinski definition) is 3. The van der Waals surface area contributed by atoms with Crippen molar-refractivity contribution in [1.82, 2.24) is 20.5 Å². The van der Waals surface area contributed by atoms with Gasteiger partial charge in [0.15, 0.2) is 0 Å². The fourth-order valence-electron chi connectivity index (χ4n) is 1.20. The molecule has 5 heteroatoms. The summed E-state index contributed by atoms with van der Waals surface area (Å²) in [6.07, 6.45) is 1.06. The van der Waals surface area contributed by atoms with Gasteiger partial charge in [-0.25, -0.2) is 4.98 Å². The smallest absolute Gasteiger partial charge is 0.291 e. The topological polar surface area (TPSA) is 70.7 Å². The van der Waals surface area contributed by atoms with Gasteiger partial charge < -0.3 is 5.32 Å². The molecular formula is C8H12N4O. The zero-order chi connectivity index (χ0) is 9.42. The average molecular weight is 180 g/mol. The second-order valence-electron chi connectivity index (χ2n) is 3.54. The zero-order valence-corrected chi connectivity index (χ0v) is 7.66. The molecule has 1 aromatic rings. The van der Waals surface area contributed by atoms with Gasteiger partial charge in [0, 0.05) is 6.04 Å². The first-order valence-corrected chi connectivity index (χ1v) is 4.36. The van der Waals surface area contributed by atoms with E-state index in [-0.39, 0.29) is 11.7 Å². The fourth-order valence-corrected chi connectivity index (χ4v) is 1.20. The Kier molecular flexibility index (Phi) is 1.79. The van der Waals surface area contributed by atoms with Crippen LogP contribution in [-0.4, -0.2) is 27.1 Å². The number of aryl methyl sites for hydroxylation is 1. The summed E-state index contributed by atoms with van der Waals surface area (Å²) in [4.78, 5) is 15.3. The van der Waals surface area contributed by atoms with Gasteiger partial charge in [0.25, 0.3) is 5.91 Å². The molecule has 0 spiro atoms. The van der Waals surface area contributed by atoms with Gasteiger partial charge in [0.1, 0.15) is 5.82 Å². The summed E-state index contributed by atoms with van der Waals surface area (Å²) in [5.74, 6) is 1.31. The van der Waals surface area contributed by atoms with E-state index in [0.717, 1.165) is 6.42 Å². The molecule has 2 N–H and O–H groups in total. The number of rotatable bonds is 2. The summed E-state index contributed by atoms with van der Waals surface area (Å²) in [5, 5.41) is 9.26. The molecule has 1 aliphatic carbocycles. The van der Waals surface area contributed by atoms with Crippen molar-refractivity contribution in [1.29, 1.82) is 0 Å². The average Bonchev–Trinajstić information content (AvgIpc) is 2.62. The highest BCUT2D eigenvalue weighted by Gasteiger charge is 2.34. The number of aromatic nitrogens is 3. The van der Waals surface area contributed by atoms with E-state index in [4.69, 9.17) is 0 Å². The summed E-state index contributed by atoms with van der Waals surface area (Å²) in [7, 11) is 0. The van der Waals surface area contributed by atoms with E-state index >= 15 is 0 Å². The van der Waals surface area contributed by atoms with Crippen LogP contribution in [-0.2, 0) is 0 Å². The van der Waals surface area contributed by atoms with Crippen molar-refractivity contribution in [3.8, 4) is 0 Å².